The van der Waals surface area contributed by atoms with Gasteiger partial charge in [-0.15, -0.1) is 0 Å². The third-order valence-electron chi connectivity index (χ3n) is 20.9. The molecule has 0 aromatic heterocycles. The maximum atomic E-state index is 15.9. The Hall–Kier alpha value is -8.01. The highest BCUT2D eigenvalue weighted by atomic mass is 32.2. The van der Waals surface area contributed by atoms with Gasteiger partial charge in [-0.2, -0.15) is 57.1 Å². The number of halogens is 18. The maximum absolute atomic E-state index is 15.9. The lowest BCUT2D eigenvalue weighted by Gasteiger charge is -2.39. The summed E-state index contributed by atoms with van der Waals surface area (Å²) in [5.41, 5.74) is -2.26. The van der Waals surface area contributed by atoms with Crippen molar-refractivity contribution < 1.29 is 119 Å². The summed E-state index contributed by atoms with van der Waals surface area (Å²) in [6.07, 6.45) is -27.4. The second-order valence-corrected chi connectivity index (χ2v) is 57.4. The zero-order chi connectivity index (χ0) is 95.2. The van der Waals surface area contributed by atoms with Crippen LogP contribution in [0.15, 0.2) is 174 Å². The molecule has 0 fully saturated rings. The number of rotatable bonds is 30. The fourth-order valence-corrected chi connectivity index (χ4v) is 16.3. The van der Waals surface area contributed by atoms with Crippen LogP contribution >= 0.6 is 0 Å². The molecule has 36 heteroatoms. The smallest absolute Gasteiger partial charge is 0.461 e. The molecule has 0 bridgehead atoms. The predicted octanol–water partition coefficient (Wildman–Crippen LogP) is 26.1. The molecular formula is C89H109F18N3O9S3Si3. The zero-order valence-electron chi connectivity index (χ0n) is 74.0. The first kappa shape index (κ1) is 106. The molecule has 0 aliphatic rings. The van der Waals surface area contributed by atoms with Crippen LogP contribution in [0.1, 0.15) is 169 Å². The summed E-state index contributed by atoms with van der Waals surface area (Å²) in [5.74, 6) is -8.22. The second kappa shape index (κ2) is 39.9. The molecule has 5 atom stereocenters. The van der Waals surface area contributed by atoms with E-state index in [0.29, 0.717) is 29.3 Å². The molecule has 0 heterocycles. The fourth-order valence-electron chi connectivity index (χ4n) is 10.8. The molecule has 8 rings (SSSR count). The van der Waals surface area contributed by atoms with Crippen molar-refractivity contribution in [2.45, 2.75) is 255 Å². The Labute approximate surface area is 731 Å². The molecule has 0 aliphatic heterocycles. The highest BCUT2D eigenvalue weighted by molar-refractivity contribution is 7.85. The topological polar surface area (TPSA) is 143 Å². The van der Waals surface area contributed by atoms with Gasteiger partial charge in [-0.1, -0.05) is 135 Å². The predicted molar refractivity (Wildman–Crippen MR) is 464 cm³/mol. The largest absolute Gasteiger partial charge is 0.542 e. The Balaban J connectivity index is 0.000000291. The number of nitrogens with zero attached hydrogens (tertiary/aromatic N) is 1. The van der Waals surface area contributed by atoms with Crippen LogP contribution in [0.2, 0.25) is 54.4 Å². The fraction of sp³-hybridized carbons (Fsp3) is 0.449. The summed E-state index contributed by atoms with van der Waals surface area (Å²) in [6, 6.07) is 36.6. The molecule has 8 aromatic rings. The summed E-state index contributed by atoms with van der Waals surface area (Å²) in [4.78, 5) is 0. The molecular weight excluding hydrogens is 1780 g/mol. The Morgan fingerprint density at radius 3 is 0.976 bits per heavy atom. The number of ether oxygens (including phenoxy) is 3. The van der Waals surface area contributed by atoms with E-state index in [0.717, 1.165) is 54.6 Å². The van der Waals surface area contributed by atoms with Crippen molar-refractivity contribution in [3.63, 3.8) is 0 Å². The quantitative estimate of drug-likeness (QED) is 0.0255. The van der Waals surface area contributed by atoms with Gasteiger partial charge in [0.2, 0.25) is 0 Å². The minimum Gasteiger partial charge on any atom is -0.542 e. The van der Waals surface area contributed by atoms with Crippen LogP contribution in [0.25, 0.3) is 0 Å². The van der Waals surface area contributed by atoms with E-state index < -0.39 is 173 Å². The van der Waals surface area contributed by atoms with Crippen LogP contribution in [0.3, 0.4) is 0 Å². The molecule has 0 saturated carbocycles. The summed E-state index contributed by atoms with van der Waals surface area (Å²) in [6.45, 7) is 44.5. The van der Waals surface area contributed by atoms with E-state index in [1.165, 1.54) is 36.4 Å². The van der Waals surface area contributed by atoms with Gasteiger partial charge in [0, 0.05) is 29.3 Å². The molecule has 690 valence electrons. The molecule has 8 aromatic carbocycles. The minimum atomic E-state index is -4.91. The van der Waals surface area contributed by atoms with E-state index >= 15 is 17.6 Å². The van der Waals surface area contributed by atoms with Gasteiger partial charge in [-0.25, -0.2) is 48.4 Å². The molecule has 0 amide bonds. The van der Waals surface area contributed by atoms with E-state index in [9.17, 15) is 74.1 Å². The van der Waals surface area contributed by atoms with Crippen LogP contribution in [0, 0.1) is 34.9 Å². The summed E-state index contributed by atoms with van der Waals surface area (Å²) >= 11 is 0. The number of alkyl halides is 12. The van der Waals surface area contributed by atoms with Crippen LogP contribution in [-0.2, 0) is 56.9 Å². The van der Waals surface area contributed by atoms with E-state index in [4.69, 9.17) is 13.3 Å². The number of nitrogens with one attached hydrogen (secondary N) is 2. The van der Waals surface area contributed by atoms with Crippen LogP contribution in [0.5, 0.6) is 34.5 Å². The first-order chi connectivity index (χ1) is 56.8. The van der Waals surface area contributed by atoms with Crippen molar-refractivity contribution in [1.82, 2.24) is 9.44 Å². The third kappa shape index (κ3) is 28.0. The lowest BCUT2D eigenvalue weighted by Crippen LogP contribution is -2.50. The second-order valence-electron chi connectivity index (χ2n) is 37.3. The highest BCUT2D eigenvalue weighted by Gasteiger charge is 2.50. The first-order valence-corrected chi connectivity index (χ1v) is 51.3. The minimum absolute atomic E-state index is 0.00858. The van der Waals surface area contributed by atoms with Crippen molar-refractivity contribution in [2.24, 2.45) is 4.40 Å². The zero-order valence-corrected chi connectivity index (χ0v) is 79.4. The van der Waals surface area contributed by atoms with Crippen molar-refractivity contribution in [3.05, 3.63) is 249 Å². The lowest BCUT2D eigenvalue weighted by molar-refractivity contribution is -0.253. The van der Waals surface area contributed by atoms with Gasteiger partial charge < -0.3 is 27.5 Å². The first-order valence-electron chi connectivity index (χ1n) is 39.2. The third-order valence-corrected chi connectivity index (χ3v) is 38.6. The van der Waals surface area contributed by atoms with E-state index in [-0.39, 0.29) is 84.3 Å². The van der Waals surface area contributed by atoms with Gasteiger partial charge >= 0.3 is 37.6 Å². The SMILES string of the molecule is CC(C)(C)[S@@](=O)N=C(c1cc(F)cc(OC(F)(F)C(F)F)c1)c1ccc(F)c(O[Si](C)(C)C(C)(C)C)c1.CC(C)(C)[S@@](=O)N[C@@](Cc1ccccc1)(c1cc(F)cc(OC(F)(F)C(F)F)c1)c1ccc(O[Si](C)(C)C(C)(C)C)c(F)c1.CC(C)(C)[S@@](=O)N[C@](Cc1ccccc1)(c1cc(F)cc(OC(F)(F)C(F)F)c1)c1ccc(O[Si](C)(C)C(C)(C)C)c(F)c1. The molecule has 2 N–H and O–H groups in total. The van der Waals surface area contributed by atoms with Gasteiger partial charge in [0.1, 0.15) is 62.9 Å². The summed E-state index contributed by atoms with van der Waals surface area (Å²) < 4.78 is 330. The number of hydrogen-bond acceptors (Lipinski definition) is 9. The van der Waals surface area contributed by atoms with Crippen molar-refractivity contribution in [2.75, 3.05) is 0 Å². The Kier molecular flexibility index (Phi) is 33.8. The Bertz CT molecular complexity index is 4910. The number of hydrogen-bond donors (Lipinski definition) is 2. The maximum Gasteiger partial charge on any atom is 0.461 e. The summed E-state index contributed by atoms with van der Waals surface area (Å²) in [5, 5.41) is -0.748. The molecule has 0 aliphatic carbocycles. The average molecular weight is 1890 g/mol. The van der Waals surface area contributed by atoms with Gasteiger partial charge in [-0.3, -0.25) is 0 Å². The summed E-state index contributed by atoms with van der Waals surface area (Å²) in [7, 11) is -13.1. The van der Waals surface area contributed by atoms with Crippen molar-refractivity contribution in [1.29, 1.82) is 0 Å². The monoisotopic (exact) mass is 1890 g/mol. The van der Waals surface area contributed by atoms with E-state index in [1.54, 1.807) is 123 Å². The van der Waals surface area contributed by atoms with Crippen LogP contribution in [0.4, 0.5) is 79.0 Å². The van der Waals surface area contributed by atoms with Gasteiger partial charge in [0.05, 0.1) is 53.0 Å². The van der Waals surface area contributed by atoms with E-state index in [2.05, 4.69) is 28.1 Å². The standard InChI is InChI=1S/2C32H39F6NO3SSi.C25H31F6NO3SSi/c2*1-29(2,3)43(40)39-31(20-21-12-10-9-11-13-21,23-16-24(33)19-25(17-23)41-32(37,38)28(35)36)22-14-15-27(26(34)18-22)42-44(7,8)30(4,5)6;1-23(2,3)36(33)32-21(16-11-17(26)14-18(12-16)34-25(30,31)22(28)29)15-9-10-19(27)20(13-15)35-37(7,8)24(4,5)6/h2*9-19,28,39H,20H2,1-8H3;9-14,22H,1-8H3/t31-,43+;31-,43-;36-/m011/s1. The van der Waals surface area contributed by atoms with Crippen LogP contribution in [-0.4, -0.2) is 95.1 Å². The Morgan fingerprint density at radius 2 is 0.672 bits per heavy atom. The molecule has 0 unspecified atom stereocenters. The highest BCUT2D eigenvalue weighted by Crippen LogP contribution is 2.47. The van der Waals surface area contributed by atoms with Gasteiger partial charge in [0.25, 0.3) is 25.0 Å². The molecule has 0 saturated heterocycles. The molecule has 125 heavy (non-hydrogen) atoms. The molecule has 12 nitrogen and oxygen atoms in total. The van der Waals surface area contributed by atoms with E-state index in [1.807, 2.05) is 102 Å². The van der Waals surface area contributed by atoms with Gasteiger partial charge in [-0.05, 0) is 242 Å². The lowest BCUT2D eigenvalue weighted by atomic mass is 9.78. The van der Waals surface area contributed by atoms with Crippen molar-refractivity contribution in [3.8, 4) is 34.5 Å². The Morgan fingerprint density at radius 1 is 0.352 bits per heavy atom. The van der Waals surface area contributed by atoms with Crippen molar-refractivity contribution >= 4 is 63.6 Å². The molecule has 0 radical (unpaired) electrons. The average Bonchev–Trinajstić information content (AvgIpc) is 0.764. The number of benzene rings is 8. The molecule has 0 spiro atoms. The van der Waals surface area contributed by atoms with Crippen LogP contribution < -0.4 is 36.9 Å². The van der Waals surface area contributed by atoms with Gasteiger partial charge in [0.15, 0.2) is 17.5 Å². The normalized spacial score (nSPS) is 15.0.